The maximum absolute atomic E-state index is 6.19. The minimum absolute atomic E-state index is 0.122. The molecule has 1 aliphatic heterocycles. The summed E-state index contributed by atoms with van der Waals surface area (Å²) in [5.74, 6) is 1.33. The van der Waals surface area contributed by atoms with Crippen LogP contribution in [0.25, 0.3) is 11.4 Å². The van der Waals surface area contributed by atoms with Crippen molar-refractivity contribution in [2.75, 3.05) is 13.1 Å². The Morgan fingerprint density at radius 3 is 2.70 bits per heavy atom. The lowest BCUT2D eigenvalue weighted by Gasteiger charge is -2.42. The zero-order valence-electron chi connectivity index (χ0n) is 14.2. The van der Waals surface area contributed by atoms with Crippen molar-refractivity contribution in [3.8, 4) is 11.4 Å². The fourth-order valence-electron chi connectivity index (χ4n) is 3.14. The lowest BCUT2D eigenvalue weighted by Crippen LogP contribution is -2.52. The van der Waals surface area contributed by atoms with Gasteiger partial charge in [-0.15, -0.1) is 0 Å². The van der Waals surface area contributed by atoms with Crippen LogP contribution in [-0.4, -0.2) is 34.2 Å². The number of rotatable bonds is 4. The Balaban J connectivity index is 1.67. The normalized spacial score (nSPS) is 21.5. The van der Waals surface area contributed by atoms with Crippen molar-refractivity contribution in [3.63, 3.8) is 0 Å². The second-order valence-electron chi connectivity index (χ2n) is 7.16. The monoisotopic (exact) mass is 314 g/mol. The van der Waals surface area contributed by atoms with Crippen LogP contribution in [0.15, 0.2) is 28.8 Å². The molecule has 2 heterocycles. The highest BCUT2D eigenvalue weighted by molar-refractivity contribution is 5.54. The third-order valence-electron chi connectivity index (χ3n) is 4.84. The summed E-state index contributed by atoms with van der Waals surface area (Å²) in [7, 11) is 0. The summed E-state index contributed by atoms with van der Waals surface area (Å²) >= 11 is 0. The van der Waals surface area contributed by atoms with Crippen LogP contribution >= 0.6 is 0 Å². The van der Waals surface area contributed by atoms with Gasteiger partial charge in [-0.1, -0.05) is 50.2 Å². The van der Waals surface area contributed by atoms with Crippen molar-refractivity contribution in [1.29, 1.82) is 0 Å². The zero-order chi connectivity index (χ0) is 16.4. The van der Waals surface area contributed by atoms with Gasteiger partial charge >= 0.3 is 0 Å². The van der Waals surface area contributed by atoms with Crippen molar-refractivity contribution in [3.05, 3.63) is 35.7 Å². The minimum atomic E-state index is 0.122. The number of nitrogens with zero attached hydrogens (tertiary/aromatic N) is 3. The van der Waals surface area contributed by atoms with E-state index in [-0.39, 0.29) is 11.5 Å². The van der Waals surface area contributed by atoms with Crippen LogP contribution in [0.5, 0.6) is 0 Å². The Morgan fingerprint density at radius 2 is 2.04 bits per heavy atom. The number of piperidine rings is 1. The van der Waals surface area contributed by atoms with Crippen LogP contribution in [0.2, 0.25) is 0 Å². The van der Waals surface area contributed by atoms with Crippen LogP contribution in [0.1, 0.15) is 38.6 Å². The fraction of sp³-hybridized carbons (Fsp3) is 0.556. The Morgan fingerprint density at radius 1 is 1.30 bits per heavy atom. The van der Waals surface area contributed by atoms with E-state index in [9.17, 15) is 0 Å². The predicted molar refractivity (Wildman–Crippen MR) is 90.8 cm³/mol. The van der Waals surface area contributed by atoms with Gasteiger partial charge in [0.1, 0.15) is 0 Å². The Bertz CT molecular complexity index is 647. The van der Waals surface area contributed by atoms with Gasteiger partial charge in [0, 0.05) is 24.7 Å². The first-order valence-electron chi connectivity index (χ1n) is 8.38. The molecule has 1 atom stereocenters. The molecule has 0 saturated carbocycles. The van der Waals surface area contributed by atoms with Crippen molar-refractivity contribution < 1.29 is 4.52 Å². The van der Waals surface area contributed by atoms with Crippen molar-refractivity contribution in [2.24, 2.45) is 11.1 Å². The van der Waals surface area contributed by atoms with E-state index in [4.69, 9.17) is 10.3 Å². The number of aryl methyl sites for hydroxylation is 1. The number of benzene rings is 1. The molecule has 3 rings (SSSR count). The van der Waals surface area contributed by atoms with Crippen LogP contribution in [0.4, 0.5) is 0 Å². The van der Waals surface area contributed by atoms with E-state index in [1.807, 2.05) is 0 Å². The molecule has 0 aliphatic carbocycles. The third-order valence-corrected chi connectivity index (χ3v) is 4.84. The van der Waals surface area contributed by atoms with E-state index < -0.39 is 0 Å². The number of hydrogen-bond acceptors (Lipinski definition) is 5. The molecule has 0 radical (unpaired) electrons. The molecule has 1 fully saturated rings. The van der Waals surface area contributed by atoms with Crippen LogP contribution in [-0.2, 0) is 13.0 Å². The van der Waals surface area contributed by atoms with Gasteiger partial charge in [-0.25, -0.2) is 0 Å². The van der Waals surface area contributed by atoms with Gasteiger partial charge in [-0.2, -0.15) is 4.98 Å². The van der Waals surface area contributed by atoms with Crippen LogP contribution in [0, 0.1) is 5.41 Å². The fourth-order valence-corrected chi connectivity index (χ4v) is 3.14. The molecule has 1 aliphatic rings. The molecule has 0 spiro atoms. The molecule has 0 bridgehead atoms. The van der Waals surface area contributed by atoms with Crippen molar-refractivity contribution in [1.82, 2.24) is 15.0 Å². The molecule has 1 saturated heterocycles. The highest BCUT2D eigenvalue weighted by atomic mass is 16.5. The summed E-state index contributed by atoms with van der Waals surface area (Å²) < 4.78 is 5.44. The summed E-state index contributed by atoms with van der Waals surface area (Å²) in [4.78, 5) is 6.89. The number of likely N-dealkylation sites (tertiary alicyclic amines) is 1. The molecule has 1 unspecified atom stereocenters. The smallest absolute Gasteiger partial charge is 0.241 e. The summed E-state index contributed by atoms with van der Waals surface area (Å²) in [6.07, 6.45) is 2.04. The molecule has 5 nitrogen and oxygen atoms in total. The van der Waals surface area contributed by atoms with Crippen LogP contribution < -0.4 is 5.73 Å². The average molecular weight is 314 g/mol. The maximum Gasteiger partial charge on any atom is 0.241 e. The molecular weight excluding hydrogens is 288 g/mol. The first kappa shape index (κ1) is 16.1. The summed E-state index contributed by atoms with van der Waals surface area (Å²) in [5.41, 5.74) is 8.62. The van der Waals surface area contributed by atoms with E-state index in [0.29, 0.717) is 18.3 Å². The molecular formula is C18H26N4O. The largest absolute Gasteiger partial charge is 0.338 e. The third kappa shape index (κ3) is 3.62. The summed E-state index contributed by atoms with van der Waals surface area (Å²) in [5, 5.41) is 4.12. The average Bonchev–Trinajstić information content (AvgIpc) is 2.99. The molecule has 1 aromatic heterocycles. The quantitative estimate of drug-likeness (QED) is 0.940. The molecule has 1 aromatic carbocycles. The summed E-state index contributed by atoms with van der Waals surface area (Å²) in [6.45, 7) is 9.21. The highest BCUT2D eigenvalue weighted by Crippen LogP contribution is 2.28. The number of aromatic nitrogens is 2. The van der Waals surface area contributed by atoms with Gasteiger partial charge in [-0.3, -0.25) is 4.90 Å². The molecule has 2 N–H and O–H groups in total. The molecule has 124 valence electrons. The van der Waals surface area contributed by atoms with Crippen LogP contribution in [0.3, 0.4) is 0 Å². The lowest BCUT2D eigenvalue weighted by molar-refractivity contribution is 0.0811. The first-order valence-corrected chi connectivity index (χ1v) is 8.38. The van der Waals surface area contributed by atoms with Gasteiger partial charge in [0.2, 0.25) is 11.7 Å². The van der Waals surface area contributed by atoms with E-state index in [1.165, 1.54) is 5.56 Å². The highest BCUT2D eigenvalue weighted by Gasteiger charge is 2.33. The second-order valence-corrected chi connectivity index (χ2v) is 7.16. The Labute approximate surface area is 137 Å². The van der Waals surface area contributed by atoms with Crippen molar-refractivity contribution >= 4 is 0 Å². The maximum atomic E-state index is 6.19. The lowest BCUT2D eigenvalue weighted by atomic mass is 9.80. The topological polar surface area (TPSA) is 68.2 Å². The van der Waals surface area contributed by atoms with Gasteiger partial charge in [-0.05, 0) is 23.8 Å². The Kier molecular flexibility index (Phi) is 4.50. The molecule has 2 aromatic rings. The van der Waals surface area contributed by atoms with Gasteiger partial charge < -0.3 is 10.3 Å². The standard InChI is InChI=1S/C18H26N4O/c1-4-13-5-7-14(8-6-13)17-20-16(23-21-17)11-22-10-9-15(19)18(2,3)12-22/h5-8,15H,4,9-12,19H2,1-3H3. The molecule has 5 heteroatoms. The number of hydrogen-bond donors (Lipinski definition) is 1. The SMILES string of the molecule is CCc1ccc(-c2noc(CN3CCC(N)C(C)(C)C3)n2)cc1. The zero-order valence-corrected chi connectivity index (χ0v) is 14.2. The molecule has 23 heavy (non-hydrogen) atoms. The Hall–Kier alpha value is -1.72. The van der Waals surface area contributed by atoms with E-state index in [0.717, 1.165) is 31.5 Å². The summed E-state index contributed by atoms with van der Waals surface area (Å²) in [6, 6.07) is 8.58. The molecule has 0 amide bonds. The van der Waals surface area contributed by atoms with Gasteiger partial charge in [0.15, 0.2) is 0 Å². The van der Waals surface area contributed by atoms with E-state index >= 15 is 0 Å². The predicted octanol–water partition coefficient (Wildman–Crippen LogP) is 2.86. The van der Waals surface area contributed by atoms with E-state index in [1.54, 1.807) is 0 Å². The first-order chi connectivity index (χ1) is 11.0. The minimum Gasteiger partial charge on any atom is -0.338 e. The second kappa shape index (κ2) is 6.42. The number of nitrogens with two attached hydrogens (primary N) is 1. The van der Waals surface area contributed by atoms with Gasteiger partial charge in [0.25, 0.3) is 0 Å². The van der Waals surface area contributed by atoms with Gasteiger partial charge in [0.05, 0.1) is 6.54 Å². The van der Waals surface area contributed by atoms with E-state index in [2.05, 4.69) is 60.1 Å². The van der Waals surface area contributed by atoms with Crippen molar-refractivity contribution in [2.45, 2.75) is 46.2 Å².